The summed E-state index contributed by atoms with van der Waals surface area (Å²) < 4.78 is 30.4. The summed E-state index contributed by atoms with van der Waals surface area (Å²) in [6.07, 6.45) is 5.00. The number of amides is 1. The molecule has 0 spiro atoms. The van der Waals surface area contributed by atoms with Crippen molar-refractivity contribution in [1.29, 1.82) is 5.26 Å². The second-order valence-corrected chi connectivity index (χ2v) is 10.6. The molecular formula is C21H23N7O3S. The summed E-state index contributed by atoms with van der Waals surface area (Å²) in [6.45, 7) is 4.50. The highest BCUT2D eigenvalue weighted by atomic mass is 32.2. The molecule has 1 fully saturated rings. The monoisotopic (exact) mass is 453 g/mol. The number of sulfonamides is 1. The fraction of sp³-hybridized carbons (Fsp3) is 0.429. The minimum atomic E-state index is -3.89. The second kappa shape index (κ2) is 6.88. The number of hydrogen-bond acceptors (Lipinski definition) is 7. The van der Waals surface area contributed by atoms with E-state index in [4.69, 9.17) is 0 Å². The molecule has 166 valence electrons. The van der Waals surface area contributed by atoms with Crippen molar-refractivity contribution in [1.82, 2.24) is 19.4 Å². The van der Waals surface area contributed by atoms with E-state index in [9.17, 15) is 18.5 Å². The Morgan fingerprint density at radius 3 is 2.72 bits per heavy atom. The van der Waals surface area contributed by atoms with Crippen LogP contribution in [0, 0.1) is 11.3 Å². The lowest BCUT2D eigenvalue weighted by Crippen LogP contribution is -2.52. The molecule has 0 saturated heterocycles. The van der Waals surface area contributed by atoms with E-state index >= 15 is 0 Å². The third-order valence-electron chi connectivity index (χ3n) is 6.11. The Morgan fingerprint density at radius 1 is 1.34 bits per heavy atom. The van der Waals surface area contributed by atoms with Crippen LogP contribution in [0.5, 0.6) is 0 Å². The first-order valence-electron chi connectivity index (χ1n) is 10.4. The van der Waals surface area contributed by atoms with Crippen LogP contribution in [0.4, 0.5) is 5.69 Å². The summed E-state index contributed by atoms with van der Waals surface area (Å²) in [7, 11) is -2.09. The van der Waals surface area contributed by atoms with E-state index in [1.54, 1.807) is 17.9 Å². The molecule has 11 heteroatoms. The number of guanidine groups is 1. The predicted molar refractivity (Wildman–Crippen MR) is 116 cm³/mol. The molecule has 3 aliphatic rings. The van der Waals surface area contributed by atoms with Crippen molar-refractivity contribution >= 4 is 27.6 Å². The van der Waals surface area contributed by atoms with Gasteiger partial charge in [-0.15, -0.1) is 0 Å². The molecule has 1 amide bonds. The number of benzene rings is 1. The Labute approximate surface area is 186 Å². The fourth-order valence-electron chi connectivity index (χ4n) is 4.16. The summed E-state index contributed by atoms with van der Waals surface area (Å²) in [6, 6.07) is 4.74. The Morgan fingerprint density at radius 2 is 2.09 bits per heavy atom. The van der Waals surface area contributed by atoms with Crippen LogP contribution in [0.1, 0.15) is 48.2 Å². The number of hydrogen-bond donors (Lipinski definition) is 1. The average Bonchev–Trinajstić information content (AvgIpc) is 3.12. The molecule has 3 heterocycles. The van der Waals surface area contributed by atoms with E-state index in [0.717, 1.165) is 18.4 Å². The molecule has 1 aromatic carbocycles. The van der Waals surface area contributed by atoms with Gasteiger partial charge >= 0.3 is 0 Å². The zero-order valence-corrected chi connectivity index (χ0v) is 18.8. The van der Waals surface area contributed by atoms with Gasteiger partial charge in [0.05, 0.1) is 47.0 Å². The number of aliphatic imine (C=N–C) groups is 1. The highest BCUT2D eigenvalue weighted by Crippen LogP contribution is 2.40. The first-order chi connectivity index (χ1) is 15.1. The van der Waals surface area contributed by atoms with Crippen LogP contribution in [0.15, 0.2) is 34.4 Å². The number of fused-ring (bicyclic) bond motifs is 3. The lowest BCUT2D eigenvalue weighted by molar-refractivity contribution is 0.0832. The zero-order chi connectivity index (χ0) is 22.8. The highest BCUT2D eigenvalue weighted by Gasteiger charge is 2.44. The molecule has 1 aromatic heterocycles. The molecule has 2 aromatic rings. The maximum atomic E-state index is 13.6. The smallest absolute Gasteiger partial charge is 0.263 e. The van der Waals surface area contributed by atoms with Crippen LogP contribution in [0.25, 0.3) is 0 Å². The van der Waals surface area contributed by atoms with Crippen LogP contribution < -0.4 is 9.62 Å². The molecule has 1 saturated carbocycles. The van der Waals surface area contributed by atoms with Gasteiger partial charge in [-0.2, -0.15) is 10.4 Å². The van der Waals surface area contributed by atoms with Crippen LogP contribution >= 0.6 is 0 Å². The number of nitrogens with zero attached hydrogens (tertiary/aromatic N) is 6. The average molecular weight is 454 g/mol. The minimum absolute atomic E-state index is 0.0775. The van der Waals surface area contributed by atoms with E-state index in [1.165, 1.54) is 17.0 Å². The van der Waals surface area contributed by atoms with Gasteiger partial charge < -0.3 is 4.90 Å². The predicted octanol–water partition coefficient (Wildman–Crippen LogP) is 1.34. The maximum absolute atomic E-state index is 13.6. The van der Waals surface area contributed by atoms with Crippen LogP contribution in [-0.4, -0.2) is 53.1 Å². The molecule has 1 unspecified atom stereocenters. The van der Waals surface area contributed by atoms with Crippen molar-refractivity contribution in [3.8, 4) is 6.07 Å². The number of rotatable bonds is 5. The number of nitriles is 1. The summed E-state index contributed by atoms with van der Waals surface area (Å²) in [4.78, 5) is 21.4. The van der Waals surface area contributed by atoms with E-state index < -0.39 is 15.6 Å². The van der Waals surface area contributed by atoms with Crippen LogP contribution in [0.2, 0.25) is 0 Å². The van der Waals surface area contributed by atoms with E-state index in [-0.39, 0.29) is 34.5 Å². The topological polar surface area (TPSA) is 124 Å². The molecule has 5 rings (SSSR count). The number of aromatic nitrogens is 2. The van der Waals surface area contributed by atoms with Gasteiger partial charge in [-0.3, -0.25) is 19.4 Å². The lowest BCUT2D eigenvalue weighted by Gasteiger charge is -2.38. The number of aryl methyl sites for hydroxylation is 1. The number of nitrogens with one attached hydrogen (secondary N) is 1. The molecule has 10 nitrogen and oxygen atoms in total. The standard InChI is InChI=1S/C21H23N7O3S/c1-13-9-23-20-27(12-14-10-24-26(3)11-14)19(29)17-7-16(6-15(8-22)18(17)28(13)20)32(30,31)25-21(2)4-5-21/h6-7,10-11,13,25H,4-5,9,12H2,1-3H3. The molecule has 32 heavy (non-hydrogen) atoms. The van der Waals surface area contributed by atoms with Gasteiger partial charge in [0.15, 0.2) is 0 Å². The van der Waals surface area contributed by atoms with Gasteiger partial charge in [-0.25, -0.2) is 13.1 Å². The molecule has 1 atom stereocenters. The van der Waals surface area contributed by atoms with E-state index in [2.05, 4.69) is 20.9 Å². The quantitative estimate of drug-likeness (QED) is 0.729. The summed E-state index contributed by atoms with van der Waals surface area (Å²) >= 11 is 0. The molecule has 1 aliphatic carbocycles. The summed E-state index contributed by atoms with van der Waals surface area (Å²) in [5.74, 6) is 0.0775. The molecular weight excluding hydrogens is 430 g/mol. The number of anilines is 1. The van der Waals surface area contributed by atoms with Gasteiger partial charge in [-0.05, 0) is 38.8 Å². The number of carbonyl (C=O) groups is 1. The van der Waals surface area contributed by atoms with Crippen molar-refractivity contribution < 1.29 is 13.2 Å². The molecule has 0 radical (unpaired) electrons. The van der Waals surface area contributed by atoms with Gasteiger partial charge in [-0.1, -0.05) is 0 Å². The Hall–Kier alpha value is -3.23. The van der Waals surface area contributed by atoms with Crippen molar-refractivity contribution in [2.75, 3.05) is 11.4 Å². The molecule has 0 bridgehead atoms. The highest BCUT2D eigenvalue weighted by molar-refractivity contribution is 7.89. The second-order valence-electron chi connectivity index (χ2n) is 8.92. The van der Waals surface area contributed by atoms with Crippen molar-refractivity contribution in [3.05, 3.63) is 41.2 Å². The Bertz CT molecular complexity index is 1320. The van der Waals surface area contributed by atoms with Crippen molar-refractivity contribution in [2.45, 2.75) is 49.7 Å². The van der Waals surface area contributed by atoms with Gasteiger partial charge in [0, 0.05) is 24.3 Å². The largest absolute Gasteiger partial charge is 0.305 e. The van der Waals surface area contributed by atoms with E-state index in [1.807, 2.05) is 24.9 Å². The van der Waals surface area contributed by atoms with Gasteiger partial charge in [0.1, 0.15) is 6.07 Å². The summed E-state index contributed by atoms with van der Waals surface area (Å²) in [5.41, 5.74) is 1.09. The van der Waals surface area contributed by atoms with Crippen molar-refractivity contribution in [3.63, 3.8) is 0 Å². The third kappa shape index (κ3) is 3.27. The Balaban J connectivity index is 1.63. The van der Waals surface area contributed by atoms with Crippen LogP contribution in [0.3, 0.4) is 0 Å². The zero-order valence-electron chi connectivity index (χ0n) is 18.0. The third-order valence-corrected chi connectivity index (χ3v) is 7.72. The van der Waals surface area contributed by atoms with Crippen molar-refractivity contribution in [2.24, 2.45) is 12.0 Å². The maximum Gasteiger partial charge on any atom is 0.263 e. The van der Waals surface area contributed by atoms with Gasteiger partial charge in [0.2, 0.25) is 16.0 Å². The fourth-order valence-corrected chi connectivity index (χ4v) is 5.68. The molecule has 1 N–H and O–H groups in total. The van der Waals surface area contributed by atoms with Crippen LogP contribution in [-0.2, 0) is 23.6 Å². The first-order valence-corrected chi connectivity index (χ1v) is 11.9. The van der Waals surface area contributed by atoms with Gasteiger partial charge in [0.25, 0.3) is 5.91 Å². The SMILES string of the molecule is CC1CN=C2N(Cc3cnn(C)c3)C(=O)c3cc(S(=O)(=O)NC4(C)CC4)cc(C#N)c3N21. The van der Waals surface area contributed by atoms with E-state index in [0.29, 0.717) is 18.2 Å². The molecule has 2 aliphatic heterocycles. The minimum Gasteiger partial charge on any atom is -0.305 e. The number of carbonyl (C=O) groups excluding carboxylic acids is 1. The first kappa shape index (κ1) is 20.7. The normalized spacial score (nSPS) is 21.1. The summed E-state index contributed by atoms with van der Waals surface area (Å²) in [5, 5.41) is 14.0. The lowest BCUT2D eigenvalue weighted by atomic mass is 10.0. The Kier molecular flexibility index (Phi) is 4.44.